The number of nitrogens with zero attached hydrogens (tertiary/aromatic N) is 1. The SMILES string of the molecule is CCc1ccccc1[C@H]1CNCCC12CCN(C(=O)[C@](OC)(c1ccccc1)C(F)(F)F)CC2. The number of aryl methyl sites for hydroxylation is 1. The zero-order chi connectivity index (χ0) is 24.4. The van der Waals surface area contributed by atoms with E-state index in [0.717, 1.165) is 33.0 Å². The van der Waals surface area contributed by atoms with Crippen molar-refractivity contribution in [2.24, 2.45) is 5.41 Å². The Bertz CT molecular complexity index is 987. The van der Waals surface area contributed by atoms with Gasteiger partial charge < -0.3 is 15.0 Å². The average molecular weight is 475 g/mol. The molecule has 2 saturated heterocycles. The van der Waals surface area contributed by atoms with E-state index < -0.39 is 17.7 Å². The maximum Gasteiger partial charge on any atom is 0.430 e. The molecule has 2 aliphatic rings. The summed E-state index contributed by atoms with van der Waals surface area (Å²) in [5.41, 5.74) is -0.585. The number of carbonyl (C=O) groups excluding carboxylic acids is 1. The molecule has 7 heteroatoms. The Morgan fingerprint density at radius 2 is 1.71 bits per heavy atom. The highest BCUT2D eigenvalue weighted by molar-refractivity contribution is 5.88. The Morgan fingerprint density at radius 3 is 2.32 bits per heavy atom. The fourth-order valence-corrected chi connectivity index (χ4v) is 5.99. The first-order valence-electron chi connectivity index (χ1n) is 12.0. The average Bonchev–Trinajstić information content (AvgIpc) is 2.85. The molecule has 34 heavy (non-hydrogen) atoms. The van der Waals surface area contributed by atoms with E-state index >= 15 is 0 Å². The number of benzene rings is 2. The number of carbonyl (C=O) groups is 1. The van der Waals surface area contributed by atoms with E-state index in [9.17, 15) is 18.0 Å². The molecule has 4 rings (SSSR count). The van der Waals surface area contributed by atoms with Gasteiger partial charge in [-0.15, -0.1) is 0 Å². The van der Waals surface area contributed by atoms with Crippen LogP contribution in [0, 0.1) is 5.41 Å². The lowest BCUT2D eigenvalue weighted by Crippen LogP contribution is -2.59. The standard InChI is InChI=1S/C27H33F3N2O2/c1-3-20-9-7-8-12-22(20)23-19-31-16-13-25(23)14-17-32(18-15-25)24(33)26(34-2,27(28,29)30)21-10-5-4-6-11-21/h4-12,23,31H,3,13-19H2,1-2H3/t23-,26-/m1/s1. The number of likely N-dealkylation sites (tertiary alicyclic amines) is 1. The van der Waals surface area contributed by atoms with Gasteiger partial charge in [0.1, 0.15) is 0 Å². The van der Waals surface area contributed by atoms with Crippen LogP contribution in [0.2, 0.25) is 0 Å². The number of nitrogens with one attached hydrogen (secondary N) is 1. The van der Waals surface area contributed by atoms with Gasteiger partial charge in [-0.05, 0) is 48.8 Å². The number of halogens is 3. The summed E-state index contributed by atoms with van der Waals surface area (Å²) < 4.78 is 48.2. The highest BCUT2D eigenvalue weighted by atomic mass is 19.4. The van der Waals surface area contributed by atoms with E-state index in [0.29, 0.717) is 12.8 Å². The van der Waals surface area contributed by atoms with Gasteiger partial charge in [0.05, 0.1) is 0 Å². The fraction of sp³-hybridized carbons (Fsp3) is 0.519. The number of rotatable bonds is 5. The van der Waals surface area contributed by atoms with Crippen LogP contribution in [0.1, 0.15) is 48.8 Å². The first-order chi connectivity index (χ1) is 16.3. The van der Waals surface area contributed by atoms with Gasteiger partial charge in [0.2, 0.25) is 0 Å². The summed E-state index contributed by atoms with van der Waals surface area (Å²) in [6.45, 7) is 4.45. The third-order valence-corrected chi connectivity index (χ3v) is 7.93. The van der Waals surface area contributed by atoms with Gasteiger partial charge in [-0.1, -0.05) is 61.5 Å². The first-order valence-corrected chi connectivity index (χ1v) is 12.0. The van der Waals surface area contributed by atoms with Crippen LogP contribution in [0.5, 0.6) is 0 Å². The van der Waals surface area contributed by atoms with Gasteiger partial charge in [0, 0.05) is 38.2 Å². The molecule has 0 aromatic heterocycles. The molecule has 2 heterocycles. The van der Waals surface area contributed by atoms with Crippen LogP contribution in [0.4, 0.5) is 13.2 Å². The highest BCUT2D eigenvalue weighted by Crippen LogP contribution is 2.50. The molecule has 0 radical (unpaired) electrons. The molecule has 2 aromatic carbocycles. The molecule has 0 unspecified atom stereocenters. The van der Waals surface area contributed by atoms with Crippen molar-refractivity contribution in [2.75, 3.05) is 33.3 Å². The molecule has 0 saturated carbocycles. The van der Waals surface area contributed by atoms with Crippen LogP contribution >= 0.6 is 0 Å². The van der Waals surface area contributed by atoms with Crippen molar-refractivity contribution in [3.63, 3.8) is 0 Å². The molecule has 0 bridgehead atoms. The minimum atomic E-state index is -4.88. The second-order valence-electron chi connectivity index (χ2n) is 9.46. The predicted octanol–water partition coefficient (Wildman–Crippen LogP) is 5.04. The van der Waals surface area contributed by atoms with E-state index in [1.807, 2.05) is 0 Å². The zero-order valence-electron chi connectivity index (χ0n) is 19.8. The number of hydrogen-bond acceptors (Lipinski definition) is 3. The van der Waals surface area contributed by atoms with Crippen LogP contribution in [0.15, 0.2) is 54.6 Å². The van der Waals surface area contributed by atoms with Gasteiger partial charge in [-0.2, -0.15) is 13.2 Å². The van der Waals surface area contributed by atoms with E-state index in [1.54, 1.807) is 6.07 Å². The summed E-state index contributed by atoms with van der Waals surface area (Å²) in [7, 11) is 0.967. The number of amides is 1. The number of piperidine rings is 2. The van der Waals surface area contributed by atoms with Gasteiger partial charge in [0.25, 0.3) is 11.5 Å². The molecule has 1 amide bonds. The lowest BCUT2D eigenvalue weighted by Gasteiger charge is -2.51. The van der Waals surface area contributed by atoms with Crippen molar-refractivity contribution >= 4 is 5.91 Å². The Kier molecular flexibility index (Phi) is 7.06. The van der Waals surface area contributed by atoms with Crippen molar-refractivity contribution in [3.8, 4) is 0 Å². The Hall–Kier alpha value is -2.38. The van der Waals surface area contributed by atoms with Crippen molar-refractivity contribution < 1.29 is 22.7 Å². The van der Waals surface area contributed by atoms with Crippen molar-refractivity contribution in [1.29, 1.82) is 0 Å². The predicted molar refractivity (Wildman–Crippen MR) is 125 cm³/mol. The lowest BCUT2D eigenvalue weighted by atomic mass is 9.62. The second-order valence-corrected chi connectivity index (χ2v) is 9.46. The quantitative estimate of drug-likeness (QED) is 0.660. The smallest absolute Gasteiger partial charge is 0.356 e. The lowest BCUT2D eigenvalue weighted by molar-refractivity contribution is -0.271. The number of ether oxygens (including phenoxy) is 1. The Labute approximate surface area is 199 Å². The largest absolute Gasteiger partial charge is 0.430 e. The minimum Gasteiger partial charge on any atom is -0.356 e. The molecular weight excluding hydrogens is 441 g/mol. The highest BCUT2D eigenvalue weighted by Gasteiger charge is 2.64. The van der Waals surface area contributed by atoms with Gasteiger partial charge >= 0.3 is 6.18 Å². The Morgan fingerprint density at radius 1 is 1.06 bits per heavy atom. The molecule has 2 fully saturated rings. The first kappa shape index (κ1) is 24.7. The fourth-order valence-electron chi connectivity index (χ4n) is 5.99. The number of alkyl halides is 3. The van der Waals surface area contributed by atoms with E-state index in [2.05, 4.69) is 36.5 Å². The van der Waals surface area contributed by atoms with Gasteiger partial charge in [-0.3, -0.25) is 4.79 Å². The molecule has 1 N–H and O–H groups in total. The molecule has 2 atom stereocenters. The van der Waals surface area contributed by atoms with E-state index in [4.69, 9.17) is 4.74 Å². The summed E-state index contributed by atoms with van der Waals surface area (Å²) in [5.74, 6) is -0.749. The molecule has 184 valence electrons. The van der Waals surface area contributed by atoms with Gasteiger partial charge in [0.15, 0.2) is 0 Å². The third kappa shape index (κ3) is 4.13. The number of methoxy groups -OCH3 is 1. The van der Waals surface area contributed by atoms with Crippen LogP contribution in [0.3, 0.4) is 0 Å². The van der Waals surface area contributed by atoms with Gasteiger partial charge in [-0.25, -0.2) is 0 Å². The molecule has 4 nitrogen and oxygen atoms in total. The summed E-state index contributed by atoms with van der Waals surface area (Å²) >= 11 is 0. The summed E-state index contributed by atoms with van der Waals surface area (Å²) in [6.07, 6.45) is -1.64. The van der Waals surface area contributed by atoms with Crippen molar-refractivity contribution in [2.45, 2.75) is 50.3 Å². The third-order valence-electron chi connectivity index (χ3n) is 7.93. The molecule has 2 aliphatic heterocycles. The zero-order valence-corrected chi connectivity index (χ0v) is 19.8. The summed E-state index contributed by atoms with van der Waals surface area (Å²) in [6, 6.07) is 15.7. The minimum absolute atomic E-state index is 0.0337. The molecule has 0 aliphatic carbocycles. The molecule has 2 aromatic rings. The number of hydrogen-bond donors (Lipinski definition) is 1. The maximum atomic E-state index is 14.4. The molecular formula is C27H33F3N2O2. The topological polar surface area (TPSA) is 41.6 Å². The van der Waals surface area contributed by atoms with Crippen molar-refractivity contribution in [3.05, 3.63) is 71.3 Å². The van der Waals surface area contributed by atoms with E-state index in [1.165, 1.54) is 40.3 Å². The van der Waals surface area contributed by atoms with Crippen molar-refractivity contribution in [1.82, 2.24) is 10.2 Å². The van der Waals surface area contributed by atoms with Crippen LogP contribution in [-0.4, -0.2) is 50.3 Å². The molecule has 1 spiro atoms. The van der Waals surface area contributed by atoms with Crippen LogP contribution < -0.4 is 5.32 Å². The van der Waals surface area contributed by atoms with Crippen LogP contribution in [0.25, 0.3) is 0 Å². The van der Waals surface area contributed by atoms with E-state index in [-0.39, 0.29) is 30.0 Å². The van der Waals surface area contributed by atoms with Crippen LogP contribution in [-0.2, 0) is 21.6 Å². The Balaban J connectivity index is 1.61. The second kappa shape index (κ2) is 9.70. The summed E-state index contributed by atoms with van der Waals surface area (Å²) in [5, 5.41) is 3.52. The maximum absolute atomic E-state index is 14.4. The monoisotopic (exact) mass is 474 g/mol. The normalized spacial score (nSPS) is 22.4. The summed E-state index contributed by atoms with van der Waals surface area (Å²) in [4.78, 5) is 14.9.